The predicted molar refractivity (Wildman–Crippen MR) is 117 cm³/mol. The SMILES string of the molecule is COc1ccc(OC)c(NC(=S)Nc2cc(C)n(Cc3ccc(Cl)cc3)n2)c1. The lowest BCUT2D eigenvalue weighted by molar-refractivity contribution is 0.405. The van der Waals surface area contributed by atoms with E-state index in [4.69, 9.17) is 33.3 Å². The van der Waals surface area contributed by atoms with Crippen LogP contribution in [0.25, 0.3) is 0 Å². The summed E-state index contributed by atoms with van der Waals surface area (Å²) in [6.45, 7) is 2.64. The molecule has 3 rings (SSSR count). The van der Waals surface area contributed by atoms with Crippen molar-refractivity contribution in [2.24, 2.45) is 0 Å². The highest BCUT2D eigenvalue weighted by atomic mass is 35.5. The summed E-state index contributed by atoms with van der Waals surface area (Å²) in [7, 11) is 3.21. The molecule has 0 fully saturated rings. The Morgan fingerprint density at radius 1 is 1.07 bits per heavy atom. The lowest BCUT2D eigenvalue weighted by Crippen LogP contribution is -2.20. The van der Waals surface area contributed by atoms with Gasteiger partial charge in [-0.3, -0.25) is 4.68 Å². The molecule has 2 aromatic carbocycles. The Hall–Kier alpha value is -2.77. The highest BCUT2D eigenvalue weighted by Gasteiger charge is 2.10. The van der Waals surface area contributed by atoms with E-state index in [1.807, 2.05) is 60.1 Å². The van der Waals surface area contributed by atoms with E-state index in [1.54, 1.807) is 14.2 Å². The van der Waals surface area contributed by atoms with Gasteiger partial charge in [-0.1, -0.05) is 23.7 Å². The van der Waals surface area contributed by atoms with Crippen molar-refractivity contribution < 1.29 is 9.47 Å². The zero-order valence-corrected chi connectivity index (χ0v) is 17.4. The van der Waals surface area contributed by atoms with Crippen LogP contribution >= 0.6 is 23.8 Å². The number of benzene rings is 2. The number of methoxy groups -OCH3 is 2. The molecule has 0 spiro atoms. The minimum Gasteiger partial charge on any atom is -0.497 e. The van der Waals surface area contributed by atoms with E-state index in [9.17, 15) is 0 Å². The number of halogens is 1. The molecule has 8 heteroatoms. The molecular formula is C20H21ClN4O2S. The molecule has 0 bridgehead atoms. The van der Waals surface area contributed by atoms with Gasteiger partial charge in [0.2, 0.25) is 0 Å². The largest absolute Gasteiger partial charge is 0.497 e. The van der Waals surface area contributed by atoms with Crippen LogP contribution in [0.4, 0.5) is 11.5 Å². The number of aryl methyl sites for hydroxylation is 1. The molecule has 6 nitrogen and oxygen atoms in total. The summed E-state index contributed by atoms with van der Waals surface area (Å²) in [6.07, 6.45) is 0. The first-order valence-corrected chi connectivity index (χ1v) is 9.36. The van der Waals surface area contributed by atoms with Crippen molar-refractivity contribution >= 4 is 40.4 Å². The maximum Gasteiger partial charge on any atom is 0.176 e. The lowest BCUT2D eigenvalue weighted by Gasteiger charge is -2.13. The van der Waals surface area contributed by atoms with Crippen molar-refractivity contribution in [2.75, 3.05) is 24.9 Å². The van der Waals surface area contributed by atoms with Crippen molar-refractivity contribution in [1.29, 1.82) is 0 Å². The quantitative estimate of drug-likeness (QED) is 0.567. The van der Waals surface area contributed by atoms with E-state index in [0.717, 1.165) is 11.3 Å². The van der Waals surface area contributed by atoms with Crippen molar-refractivity contribution in [3.05, 3.63) is 64.8 Å². The summed E-state index contributed by atoms with van der Waals surface area (Å²) >= 11 is 11.4. The monoisotopic (exact) mass is 416 g/mol. The third kappa shape index (κ3) is 4.94. The van der Waals surface area contributed by atoms with Crippen LogP contribution in [-0.2, 0) is 6.54 Å². The van der Waals surface area contributed by atoms with E-state index >= 15 is 0 Å². The minimum atomic E-state index is 0.405. The number of hydrogen-bond acceptors (Lipinski definition) is 4. The van der Waals surface area contributed by atoms with Gasteiger partial charge < -0.3 is 20.1 Å². The van der Waals surface area contributed by atoms with Gasteiger partial charge in [-0.2, -0.15) is 5.10 Å². The highest BCUT2D eigenvalue weighted by Crippen LogP contribution is 2.29. The molecule has 0 aliphatic carbocycles. The van der Waals surface area contributed by atoms with Crippen LogP contribution in [0.5, 0.6) is 11.5 Å². The second-order valence-electron chi connectivity index (χ2n) is 6.10. The molecule has 0 aliphatic heterocycles. The number of aromatic nitrogens is 2. The van der Waals surface area contributed by atoms with Crippen LogP contribution < -0.4 is 20.1 Å². The van der Waals surface area contributed by atoms with E-state index in [0.29, 0.717) is 39.7 Å². The molecule has 0 amide bonds. The van der Waals surface area contributed by atoms with Gasteiger partial charge in [0.25, 0.3) is 0 Å². The molecule has 28 heavy (non-hydrogen) atoms. The van der Waals surface area contributed by atoms with Gasteiger partial charge >= 0.3 is 0 Å². The summed E-state index contributed by atoms with van der Waals surface area (Å²) in [6, 6.07) is 15.1. The minimum absolute atomic E-state index is 0.405. The van der Waals surface area contributed by atoms with Crippen LogP contribution in [-0.4, -0.2) is 29.1 Å². The topological polar surface area (TPSA) is 60.3 Å². The van der Waals surface area contributed by atoms with Gasteiger partial charge in [0, 0.05) is 22.8 Å². The molecule has 146 valence electrons. The number of ether oxygens (including phenoxy) is 2. The summed E-state index contributed by atoms with van der Waals surface area (Å²) in [5, 5.41) is 11.9. The molecule has 0 saturated carbocycles. The average molecular weight is 417 g/mol. The third-order valence-corrected chi connectivity index (χ3v) is 4.58. The van der Waals surface area contributed by atoms with Crippen molar-refractivity contribution in [2.45, 2.75) is 13.5 Å². The van der Waals surface area contributed by atoms with E-state index in [-0.39, 0.29) is 0 Å². The third-order valence-electron chi connectivity index (χ3n) is 4.12. The first-order valence-electron chi connectivity index (χ1n) is 8.57. The number of thiocarbonyl (C=S) groups is 1. The molecule has 0 aliphatic rings. The maximum atomic E-state index is 5.94. The van der Waals surface area contributed by atoms with Crippen molar-refractivity contribution in [1.82, 2.24) is 9.78 Å². The van der Waals surface area contributed by atoms with Crippen LogP contribution in [0.15, 0.2) is 48.5 Å². The Balaban J connectivity index is 1.69. The number of hydrogen-bond donors (Lipinski definition) is 2. The fraction of sp³-hybridized carbons (Fsp3) is 0.200. The average Bonchev–Trinajstić information content (AvgIpc) is 3.02. The highest BCUT2D eigenvalue weighted by molar-refractivity contribution is 7.80. The van der Waals surface area contributed by atoms with E-state index in [1.165, 1.54) is 0 Å². The lowest BCUT2D eigenvalue weighted by atomic mass is 10.2. The molecule has 1 aromatic heterocycles. The van der Waals surface area contributed by atoms with Crippen LogP contribution in [0.1, 0.15) is 11.3 Å². The summed E-state index contributed by atoms with van der Waals surface area (Å²) in [5.74, 6) is 2.02. The molecule has 0 atom stereocenters. The number of rotatable bonds is 6. The normalized spacial score (nSPS) is 10.4. The van der Waals surface area contributed by atoms with Crippen LogP contribution in [0.2, 0.25) is 5.02 Å². The van der Waals surface area contributed by atoms with Crippen molar-refractivity contribution in [3.63, 3.8) is 0 Å². The summed E-state index contributed by atoms with van der Waals surface area (Å²) < 4.78 is 12.5. The Labute approximate surface area is 174 Å². The van der Waals surface area contributed by atoms with Gasteiger partial charge in [0.05, 0.1) is 26.5 Å². The Kier molecular flexibility index (Phi) is 6.38. The molecular weight excluding hydrogens is 396 g/mol. The fourth-order valence-electron chi connectivity index (χ4n) is 2.68. The number of nitrogens with zero attached hydrogens (tertiary/aromatic N) is 2. The Bertz CT molecular complexity index is 973. The van der Waals surface area contributed by atoms with Gasteiger partial charge in [-0.15, -0.1) is 0 Å². The smallest absolute Gasteiger partial charge is 0.176 e. The van der Waals surface area contributed by atoms with E-state index < -0.39 is 0 Å². The Morgan fingerprint density at radius 3 is 2.50 bits per heavy atom. The van der Waals surface area contributed by atoms with Gasteiger partial charge in [0.1, 0.15) is 11.5 Å². The second kappa shape index (κ2) is 8.95. The molecule has 3 aromatic rings. The molecule has 1 heterocycles. The van der Waals surface area contributed by atoms with Crippen LogP contribution in [0.3, 0.4) is 0 Å². The molecule has 0 radical (unpaired) electrons. The van der Waals surface area contributed by atoms with Crippen molar-refractivity contribution in [3.8, 4) is 11.5 Å². The first-order chi connectivity index (χ1) is 13.5. The summed E-state index contributed by atoms with van der Waals surface area (Å²) in [4.78, 5) is 0. The van der Waals surface area contributed by atoms with Crippen LogP contribution in [0, 0.1) is 6.92 Å². The molecule has 0 saturated heterocycles. The predicted octanol–water partition coefficient (Wildman–Crippen LogP) is 4.72. The summed E-state index contributed by atoms with van der Waals surface area (Å²) in [5.41, 5.74) is 2.83. The molecule has 2 N–H and O–H groups in total. The van der Waals surface area contributed by atoms with Gasteiger partial charge in [-0.25, -0.2) is 0 Å². The first kappa shape index (κ1) is 20.0. The van der Waals surface area contributed by atoms with Gasteiger partial charge in [0.15, 0.2) is 10.9 Å². The fourth-order valence-corrected chi connectivity index (χ4v) is 3.02. The number of anilines is 2. The zero-order valence-electron chi connectivity index (χ0n) is 15.8. The zero-order chi connectivity index (χ0) is 20.1. The number of nitrogens with one attached hydrogen (secondary N) is 2. The standard InChI is InChI=1S/C20H21ClN4O2S/c1-13-10-19(24-25(13)12-14-4-6-15(21)7-5-14)23-20(28)22-17-11-16(26-2)8-9-18(17)27-3/h4-11H,12H2,1-3H3,(H2,22,23,24,28). The Morgan fingerprint density at radius 2 is 1.82 bits per heavy atom. The second-order valence-corrected chi connectivity index (χ2v) is 6.95. The van der Waals surface area contributed by atoms with Gasteiger partial charge in [-0.05, 0) is 49.0 Å². The maximum absolute atomic E-state index is 5.94. The molecule has 0 unspecified atom stereocenters. The van der Waals surface area contributed by atoms with E-state index in [2.05, 4.69) is 15.7 Å².